The summed E-state index contributed by atoms with van der Waals surface area (Å²) >= 11 is 0. The van der Waals surface area contributed by atoms with Crippen molar-refractivity contribution < 1.29 is 9.53 Å². The van der Waals surface area contributed by atoms with E-state index in [9.17, 15) is 10.0 Å². The zero-order valence-electron chi connectivity index (χ0n) is 17.6. The van der Waals surface area contributed by atoms with Gasteiger partial charge < -0.3 is 20.9 Å². The van der Waals surface area contributed by atoms with Crippen molar-refractivity contribution in [2.75, 3.05) is 26.4 Å². The second-order valence-corrected chi connectivity index (χ2v) is 8.51. The molecule has 0 heterocycles. The zero-order valence-corrected chi connectivity index (χ0v) is 17.6. The molecule has 0 aromatic heterocycles. The fourth-order valence-corrected chi connectivity index (χ4v) is 2.94. The van der Waals surface area contributed by atoms with E-state index in [0.29, 0.717) is 13.1 Å². The molecule has 1 atom stereocenters. The molecule has 0 aromatic rings. The normalized spacial score (nSPS) is 15.5. The van der Waals surface area contributed by atoms with E-state index >= 15 is 0 Å². The molecular formula is C19H40N3O3-. The summed E-state index contributed by atoms with van der Waals surface area (Å²) in [7, 11) is 0. The Labute approximate surface area is 154 Å². The van der Waals surface area contributed by atoms with Crippen molar-refractivity contribution in [2.45, 2.75) is 74.7 Å². The van der Waals surface area contributed by atoms with Crippen LogP contribution in [0.2, 0.25) is 0 Å². The number of carbonyl (C=O) groups excluding carboxylic acids is 1. The number of carbonyl (C=O) groups is 1. The molecule has 0 aliphatic heterocycles. The standard InChI is InChI=1S/C19H40N3O3/c1-9-17(4,5)14-19(8,18(6,7)10-2)16(23)25-15-21(13-12-20)22(24)11-3/h9-15,20H2,1-8H3/q-1. The number of hydrogen-bond acceptors (Lipinski definition) is 6. The molecule has 6 nitrogen and oxygen atoms in total. The Morgan fingerprint density at radius 2 is 1.64 bits per heavy atom. The molecule has 25 heavy (non-hydrogen) atoms. The lowest BCUT2D eigenvalue weighted by molar-refractivity contribution is -0.178. The molecule has 0 bridgehead atoms. The van der Waals surface area contributed by atoms with Crippen LogP contribution in [0.4, 0.5) is 0 Å². The second-order valence-electron chi connectivity index (χ2n) is 8.51. The van der Waals surface area contributed by atoms with E-state index in [4.69, 9.17) is 10.5 Å². The van der Waals surface area contributed by atoms with E-state index in [1.54, 1.807) is 6.92 Å². The average molecular weight is 359 g/mol. The van der Waals surface area contributed by atoms with Crippen molar-refractivity contribution in [3.05, 3.63) is 5.21 Å². The number of rotatable bonds is 12. The lowest BCUT2D eigenvalue weighted by Crippen LogP contribution is -2.48. The van der Waals surface area contributed by atoms with Crippen molar-refractivity contribution in [1.82, 2.24) is 10.2 Å². The van der Waals surface area contributed by atoms with Gasteiger partial charge in [0.15, 0.2) is 6.73 Å². The van der Waals surface area contributed by atoms with Crippen LogP contribution in [0.5, 0.6) is 0 Å². The van der Waals surface area contributed by atoms with Crippen LogP contribution in [-0.4, -0.2) is 42.5 Å². The van der Waals surface area contributed by atoms with Crippen molar-refractivity contribution >= 4 is 5.97 Å². The molecule has 0 rings (SSSR count). The van der Waals surface area contributed by atoms with Crippen LogP contribution in [0.1, 0.15) is 74.7 Å². The first-order valence-corrected chi connectivity index (χ1v) is 9.47. The maximum Gasteiger partial charge on any atom is 0.313 e. The molecule has 0 saturated carbocycles. The number of esters is 1. The summed E-state index contributed by atoms with van der Waals surface area (Å²) < 4.78 is 5.61. The number of hydrazine groups is 1. The van der Waals surface area contributed by atoms with Gasteiger partial charge in [0.1, 0.15) is 0 Å². The van der Waals surface area contributed by atoms with Crippen LogP contribution in [0.3, 0.4) is 0 Å². The van der Waals surface area contributed by atoms with Crippen LogP contribution < -0.4 is 5.73 Å². The first-order valence-electron chi connectivity index (χ1n) is 9.47. The van der Waals surface area contributed by atoms with Gasteiger partial charge in [-0.05, 0) is 37.1 Å². The van der Waals surface area contributed by atoms with Gasteiger partial charge in [-0.3, -0.25) is 4.79 Å². The summed E-state index contributed by atoms with van der Waals surface area (Å²) in [5.74, 6) is -0.243. The van der Waals surface area contributed by atoms with Crippen molar-refractivity contribution in [3.63, 3.8) is 0 Å². The maximum absolute atomic E-state index is 13.1. The van der Waals surface area contributed by atoms with Crippen LogP contribution in [0.25, 0.3) is 0 Å². The summed E-state index contributed by atoms with van der Waals surface area (Å²) in [6, 6.07) is 0. The molecule has 6 heteroatoms. The van der Waals surface area contributed by atoms with Gasteiger partial charge in [-0.1, -0.05) is 54.9 Å². The van der Waals surface area contributed by atoms with E-state index in [-0.39, 0.29) is 30.1 Å². The van der Waals surface area contributed by atoms with Crippen LogP contribution in [0, 0.1) is 21.5 Å². The number of nitrogens with two attached hydrogens (primary N) is 1. The number of hydroxylamine groups is 1. The van der Waals surface area contributed by atoms with E-state index in [0.717, 1.165) is 24.4 Å². The minimum absolute atomic E-state index is 0.0329. The first-order chi connectivity index (χ1) is 11.4. The fraction of sp³-hybridized carbons (Fsp3) is 0.947. The molecule has 0 aliphatic rings. The zero-order chi connectivity index (χ0) is 19.9. The van der Waals surface area contributed by atoms with Crippen molar-refractivity contribution in [3.8, 4) is 0 Å². The Hall–Kier alpha value is -0.690. The van der Waals surface area contributed by atoms with Gasteiger partial charge in [-0.15, -0.1) is 0 Å². The molecular weight excluding hydrogens is 318 g/mol. The molecule has 1 unspecified atom stereocenters. The van der Waals surface area contributed by atoms with Crippen LogP contribution in [0.15, 0.2) is 0 Å². The predicted octanol–water partition coefficient (Wildman–Crippen LogP) is 3.75. The molecule has 0 radical (unpaired) electrons. The summed E-state index contributed by atoms with van der Waals surface area (Å²) in [5.41, 5.74) is 4.75. The third kappa shape index (κ3) is 6.51. The molecule has 0 aliphatic carbocycles. The highest BCUT2D eigenvalue weighted by Crippen LogP contribution is 2.50. The van der Waals surface area contributed by atoms with Crippen molar-refractivity contribution in [2.24, 2.45) is 22.0 Å². The summed E-state index contributed by atoms with van der Waals surface area (Å²) in [6.07, 6.45) is 2.59. The lowest BCUT2D eigenvalue weighted by atomic mass is 9.58. The van der Waals surface area contributed by atoms with Crippen LogP contribution in [-0.2, 0) is 9.53 Å². The van der Waals surface area contributed by atoms with Gasteiger partial charge in [0, 0.05) is 13.1 Å². The smallest absolute Gasteiger partial charge is 0.313 e. The van der Waals surface area contributed by atoms with Crippen LogP contribution >= 0.6 is 0 Å². The van der Waals surface area contributed by atoms with Gasteiger partial charge in [0.05, 0.1) is 5.41 Å². The Bertz CT molecular complexity index is 413. The molecule has 2 N–H and O–H groups in total. The number of ether oxygens (including phenoxy) is 1. The third-order valence-electron chi connectivity index (χ3n) is 5.94. The Kier molecular flexibility index (Phi) is 9.58. The quantitative estimate of drug-likeness (QED) is 0.325. The second kappa shape index (κ2) is 9.86. The summed E-state index contributed by atoms with van der Waals surface area (Å²) in [4.78, 5) is 13.1. The highest BCUT2D eigenvalue weighted by molar-refractivity contribution is 5.77. The summed E-state index contributed by atoms with van der Waals surface area (Å²) in [5, 5.41) is 14.1. The summed E-state index contributed by atoms with van der Waals surface area (Å²) in [6.45, 7) is 17.5. The fourth-order valence-electron chi connectivity index (χ4n) is 2.94. The lowest BCUT2D eigenvalue weighted by Gasteiger charge is -2.46. The monoisotopic (exact) mass is 358 g/mol. The van der Waals surface area contributed by atoms with Gasteiger partial charge >= 0.3 is 5.97 Å². The van der Waals surface area contributed by atoms with E-state index in [2.05, 4.69) is 41.5 Å². The number of nitrogens with zero attached hydrogens (tertiary/aromatic N) is 2. The molecule has 0 saturated heterocycles. The largest absolute Gasteiger partial charge is 0.771 e. The Morgan fingerprint density at radius 3 is 2.04 bits per heavy atom. The van der Waals surface area contributed by atoms with E-state index in [1.165, 1.54) is 5.01 Å². The van der Waals surface area contributed by atoms with Gasteiger partial charge in [0.2, 0.25) is 0 Å². The molecule has 0 spiro atoms. The average Bonchev–Trinajstić information content (AvgIpc) is 2.56. The van der Waals surface area contributed by atoms with E-state index < -0.39 is 5.41 Å². The van der Waals surface area contributed by atoms with Gasteiger partial charge in [-0.2, -0.15) is 0 Å². The highest BCUT2D eigenvalue weighted by Gasteiger charge is 2.49. The Balaban J connectivity index is 5.36. The minimum Gasteiger partial charge on any atom is -0.771 e. The SMILES string of the molecule is CCN([O-])N(CCN)COC(=O)C(C)(CC(C)(C)CC)C(C)(C)CC. The van der Waals surface area contributed by atoms with Gasteiger partial charge in [-0.25, -0.2) is 5.01 Å². The number of hydrogen-bond donors (Lipinski definition) is 1. The third-order valence-corrected chi connectivity index (χ3v) is 5.94. The molecule has 150 valence electrons. The first kappa shape index (κ1) is 24.3. The molecule has 0 aromatic carbocycles. The minimum atomic E-state index is -0.629. The van der Waals surface area contributed by atoms with E-state index in [1.807, 2.05) is 6.92 Å². The predicted molar refractivity (Wildman–Crippen MR) is 103 cm³/mol. The maximum atomic E-state index is 13.1. The van der Waals surface area contributed by atoms with Crippen molar-refractivity contribution in [1.29, 1.82) is 0 Å². The highest BCUT2D eigenvalue weighted by atomic mass is 16.6. The molecule has 0 amide bonds. The molecule has 0 fully saturated rings. The topological polar surface area (TPSA) is 81.9 Å². The Morgan fingerprint density at radius 1 is 1.08 bits per heavy atom. The van der Waals surface area contributed by atoms with Gasteiger partial charge in [0.25, 0.3) is 0 Å².